The molecule has 0 aromatic heterocycles. The third-order valence-electron chi connectivity index (χ3n) is 2.22. The van der Waals surface area contributed by atoms with Gasteiger partial charge in [0.15, 0.2) is 0 Å². The monoisotopic (exact) mass is 276 g/mol. The highest BCUT2D eigenvalue weighted by Gasteiger charge is 2.03. The van der Waals surface area contributed by atoms with Gasteiger partial charge in [-0.1, -0.05) is 0 Å². The summed E-state index contributed by atoms with van der Waals surface area (Å²) < 4.78 is 10.5. The lowest BCUT2D eigenvalue weighted by atomic mass is 10.3. The summed E-state index contributed by atoms with van der Waals surface area (Å²) in [5, 5.41) is 11.0. The van der Waals surface area contributed by atoms with Crippen LogP contribution in [0, 0.1) is 0 Å². The van der Waals surface area contributed by atoms with Crippen LogP contribution in [0.2, 0.25) is 0 Å². The third-order valence-corrected chi connectivity index (χ3v) is 2.22. The summed E-state index contributed by atoms with van der Waals surface area (Å²) in [5.74, 6) is -1.21. The molecule has 0 fully saturated rings. The van der Waals surface area contributed by atoms with E-state index in [0.29, 0.717) is 45.9 Å². The summed E-state index contributed by atoms with van der Waals surface area (Å²) in [6.07, 6.45) is 1.43. The van der Waals surface area contributed by atoms with Crippen molar-refractivity contribution in [1.29, 1.82) is 0 Å². The molecule has 0 aliphatic carbocycles. The lowest BCUT2D eigenvalue weighted by molar-refractivity contribution is -0.138. The Morgan fingerprint density at radius 1 is 1.00 bits per heavy atom. The number of amides is 1. The fourth-order valence-corrected chi connectivity index (χ4v) is 1.22. The van der Waals surface area contributed by atoms with Crippen molar-refractivity contribution in [2.75, 3.05) is 39.5 Å². The number of carbonyl (C=O) groups excluding carboxylic acids is 1. The second-order valence-corrected chi connectivity index (χ2v) is 3.96. The Balaban J connectivity index is 3.13. The zero-order chi connectivity index (χ0) is 14.3. The Morgan fingerprint density at radius 2 is 1.63 bits per heavy atom. The molecule has 0 aromatic carbocycles. The van der Waals surface area contributed by atoms with Crippen molar-refractivity contribution in [2.45, 2.75) is 25.7 Å². The summed E-state index contributed by atoms with van der Waals surface area (Å²) >= 11 is 0. The standard InChI is InChI=1S/C12H24N2O5/c13-5-1-7-18-9-10-19-8-2-6-14-11(15)3-4-12(16)17/h1-10,13H2,(H,14,15)(H,16,17). The van der Waals surface area contributed by atoms with Crippen LogP contribution >= 0.6 is 0 Å². The number of nitrogens with one attached hydrogen (secondary N) is 1. The number of aliphatic carboxylic acids is 1. The first-order valence-electron chi connectivity index (χ1n) is 6.51. The maximum atomic E-state index is 11.1. The molecule has 0 rings (SSSR count). The van der Waals surface area contributed by atoms with E-state index < -0.39 is 5.97 Å². The van der Waals surface area contributed by atoms with Gasteiger partial charge in [-0.05, 0) is 19.4 Å². The summed E-state index contributed by atoms with van der Waals surface area (Å²) in [7, 11) is 0. The molecule has 0 aromatic rings. The number of ether oxygens (including phenoxy) is 2. The maximum absolute atomic E-state index is 11.1. The molecular weight excluding hydrogens is 252 g/mol. The molecule has 112 valence electrons. The normalized spacial score (nSPS) is 10.4. The second kappa shape index (κ2) is 13.3. The van der Waals surface area contributed by atoms with Crippen LogP contribution in [0.5, 0.6) is 0 Å². The molecular formula is C12H24N2O5. The lowest BCUT2D eigenvalue weighted by Gasteiger charge is -2.06. The van der Waals surface area contributed by atoms with Crippen molar-refractivity contribution in [2.24, 2.45) is 5.73 Å². The SMILES string of the molecule is NCCCOCCOCCCNC(=O)CCC(=O)O. The average molecular weight is 276 g/mol. The van der Waals surface area contributed by atoms with Crippen LogP contribution in [0.3, 0.4) is 0 Å². The van der Waals surface area contributed by atoms with Gasteiger partial charge in [0, 0.05) is 26.2 Å². The Bertz CT molecular complexity index is 248. The van der Waals surface area contributed by atoms with E-state index >= 15 is 0 Å². The van der Waals surface area contributed by atoms with Gasteiger partial charge in [-0.2, -0.15) is 0 Å². The minimum absolute atomic E-state index is 0.0190. The predicted molar refractivity (Wildman–Crippen MR) is 69.8 cm³/mol. The van der Waals surface area contributed by atoms with E-state index in [-0.39, 0.29) is 18.7 Å². The summed E-state index contributed by atoms with van der Waals surface area (Å²) in [5.41, 5.74) is 5.31. The number of carboxylic acids is 1. The van der Waals surface area contributed by atoms with Gasteiger partial charge in [0.2, 0.25) is 5.91 Å². The van der Waals surface area contributed by atoms with Gasteiger partial charge in [-0.15, -0.1) is 0 Å². The molecule has 0 spiro atoms. The van der Waals surface area contributed by atoms with Gasteiger partial charge in [-0.25, -0.2) is 0 Å². The van der Waals surface area contributed by atoms with E-state index in [0.717, 1.165) is 6.42 Å². The Labute approximate surface area is 113 Å². The summed E-state index contributed by atoms with van der Waals surface area (Å²) in [4.78, 5) is 21.4. The van der Waals surface area contributed by atoms with Gasteiger partial charge in [0.25, 0.3) is 0 Å². The van der Waals surface area contributed by atoms with E-state index in [1.165, 1.54) is 0 Å². The van der Waals surface area contributed by atoms with Crippen molar-refractivity contribution in [1.82, 2.24) is 5.32 Å². The van der Waals surface area contributed by atoms with E-state index in [1.54, 1.807) is 0 Å². The third kappa shape index (κ3) is 14.8. The zero-order valence-corrected chi connectivity index (χ0v) is 11.2. The zero-order valence-electron chi connectivity index (χ0n) is 11.2. The van der Waals surface area contributed by atoms with Gasteiger partial charge >= 0.3 is 5.97 Å². The van der Waals surface area contributed by atoms with Crippen LogP contribution in [0.4, 0.5) is 0 Å². The highest BCUT2D eigenvalue weighted by molar-refractivity contribution is 5.80. The Hall–Kier alpha value is -1.18. The molecule has 0 bridgehead atoms. The minimum atomic E-state index is -0.965. The second-order valence-electron chi connectivity index (χ2n) is 3.96. The van der Waals surface area contributed by atoms with E-state index in [1.807, 2.05) is 0 Å². The summed E-state index contributed by atoms with van der Waals surface area (Å²) in [6.45, 7) is 3.39. The molecule has 0 heterocycles. The molecule has 19 heavy (non-hydrogen) atoms. The van der Waals surface area contributed by atoms with Gasteiger partial charge in [0.05, 0.1) is 19.6 Å². The van der Waals surface area contributed by atoms with Gasteiger partial charge in [0.1, 0.15) is 0 Å². The number of nitrogens with two attached hydrogens (primary N) is 1. The molecule has 0 aliphatic heterocycles. The molecule has 4 N–H and O–H groups in total. The van der Waals surface area contributed by atoms with Crippen LogP contribution in [0.1, 0.15) is 25.7 Å². The Kier molecular flexibility index (Phi) is 12.4. The van der Waals surface area contributed by atoms with Crippen molar-refractivity contribution in [3.05, 3.63) is 0 Å². The predicted octanol–water partition coefficient (Wildman–Crippen LogP) is -0.260. The lowest BCUT2D eigenvalue weighted by Crippen LogP contribution is -2.25. The minimum Gasteiger partial charge on any atom is -0.481 e. The molecule has 7 heteroatoms. The van der Waals surface area contributed by atoms with Crippen LogP contribution < -0.4 is 11.1 Å². The first-order chi connectivity index (χ1) is 9.16. The van der Waals surface area contributed by atoms with E-state index in [9.17, 15) is 9.59 Å². The smallest absolute Gasteiger partial charge is 0.303 e. The van der Waals surface area contributed by atoms with Crippen LogP contribution in [0.15, 0.2) is 0 Å². The molecule has 1 amide bonds. The Morgan fingerprint density at radius 3 is 2.21 bits per heavy atom. The highest BCUT2D eigenvalue weighted by Crippen LogP contribution is 1.89. The van der Waals surface area contributed by atoms with Gasteiger partial charge < -0.3 is 25.6 Å². The molecule has 0 unspecified atom stereocenters. The molecule has 0 atom stereocenters. The topological polar surface area (TPSA) is 111 Å². The number of carboxylic acid groups (broad SMARTS) is 1. The van der Waals surface area contributed by atoms with Crippen molar-refractivity contribution in [3.63, 3.8) is 0 Å². The van der Waals surface area contributed by atoms with Crippen LogP contribution in [-0.4, -0.2) is 56.5 Å². The fraction of sp³-hybridized carbons (Fsp3) is 0.833. The molecule has 0 aliphatic rings. The van der Waals surface area contributed by atoms with Crippen molar-refractivity contribution in [3.8, 4) is 0 Å². The molecule has 0 saturated heterocycles. The van der Waals surface area contributed by atoms with Crippen LogP contribution in [-0.2, 0) is 19.1 Å². The fourth-order valence-electron chi connectivity index (χ4n) is 1.22. The van der Waals surface area contributed by atoms with E-state index in [2.05, 4.69) is 5.32 Å². The van der Waals surface area contributed by atoms with Crippen LogP contribution in [0.25, 0.3) is 0 Å². The molecule has 0 radical (unpaired) electrons. The molecule has 0 saturated carbocycles. The number of carbonyl (C=O) groups is 2. The first-order valence-corrected chi connectivity index (χ1v) is 6.51. The summed E-state index contributed by atoms with van der Waals surface area (Å²) in [6, 6.07) is 0. The van der Waals surface area contributed by atoms with Crippen molar-refractivity contribution < 1.29 is 24.2 Å². The molecule has 7 nitrogen and oxygen atoms in total. The average Bonchev–Trinajstić information content (AvgIpc) is 2.38. The number of hydrogen-bond acceptors (Lipinski definition) is 5. The largest absolute Gasteiger partial charge is 0.481 e. The maximum Gasteiger partial charge on any atom is 0.303 e. The number of hydrogen-bond donors (Lipinski definition) is 3. The highest BCUT2D eigenvalue weighted by atomic mass is 16.5. The number of rotatable bonds is 13. The first kappa shape index (κ1) is 17.8. The quantitative estimate of drug-likeness (QED) is 0.400. The van der Waals surface area contributed by atoms with Gasteiger partial charge in [-0.3, -0.25) is 9.59 Å². The van der Waals surface area contributed by atoms with Crippen molar-refractivity contribution >= 4 is 11.9 Å². The van der Waals surface area contributed by atoms with E-state index in [4.69, 9.17) is 20.3 Å².